The fraction of sp³-hybridized carbons (Fsp3) is 0.320. The molecule has 4 rings (SSSR count). The molecule has 1 aliphatic heterocycles. The number of aromatic nitrogens is 2. The molecule has 2 heterocycles. The maximum absolute atomic E-state index is 12.7. The van der Waals surface area contributed by atoms with Crippen LogP contribution < -0.4 is 16.0 Å². The third kappa shape index (κ3) is 5.95. The van der Waals surface area contributed by atoms with Crippen LogP contribution in [-0.2, 0) is 16.0 Å². The minimum absolute atomic E-state index is 0.0916. The molecule has 0 radical (unpaired) electrons. The topological polar surface area (TPSA) is 97.3 Å². The van der Waals surface area contributed by atoms with E-state index in [1.165, 1.54) is 0 Å². The van der Waals surface area contributed by atoms with Gasteiger partial charge >= 0.3 is 6.03 Å². The first-order valence-electron chi connectivity index (χ1n) is 11.3. The number of aryl methyl sites for hydroxylation is 1. The van der Waals surface area contributed by atoms with Gasteiger partial charge in [-0.3, -0.25) is 4.79 Å². The van der Waals surface area contributed by atoms with Crippen LogP contribution in [0.25, 0.3) is 5.69 Å². The van der Waals surface area contributed by atoms with Gasteiger partial charge in [0.15, 0.2) is 0 Å². The first-order valence-corrected chi connectivity index (χ1v) is 11.6. The molecule has 1 aliphatic rings. The maximum Gasteiger partial charge on any atom is 0.319 e. The summed E-state index contributed by atoms with van der Waals surface area (Å²) in [5, 5.41) is 13.8. The van der Waals surface area contributed by atoms with E-state index in [9.17, 15) is 9.59 Å². The summed E-state index contributed by atoms with van der Waals surface area (Å²) >= 11 is 5.98. The van der Waals surface area contributed by atoms with Gasteiger partial charge in [-0.25, -0.2) is 9.48 Å². The molecule has 0 aliphatic carbocycles. The highest BCUT2D eigenvalue weighted by atomic mass is 35.5. The highest BCUT2D eigenvalue weighted by Gasteiger charge is 2.17. The van der Waals surface area contributed by atoms with Crippen LogP contribution in [0.3, 0.4) is 0 Å². The molecule has 0 spiro atoms. The van der Waals surface area contributed by atoms with Crippen molar-refractivity contribution in [3.63, 3.8) is 0 Å². The lowest BCUT2D eigenvalue weighted by Crippen LogP contribution is -2.35. The van der Waals surface area contributed by atoms with Crippen LogP contribution in [0.5, 0.6) is 0 Å². The molecule has 1 unspecified atom stereocenters. The summed E-state index contributed by atoms with van der Waals surface area (Å²) in [6.07, 6.45) is 2.30. The molecule has 1 atom stereocenters. The number of urea groups is 1. The lowest BCUT2D eigenvalue weighted by Gasteiger charge is -2.12. The predicted octanol–water partition coefficient (Wildman–Crippen LogP) is 4.62. The third-order valence-electron chi connectivity index (χ3n) is 5.79. The van der Waals surface area contributed by atoms with Gasteiger partial charge in [-0.1, -0.05) is 11.6 Å². The van der Waals surface area contributed by atoms with E-state index in [2.05, 4.69) is 21.0 Å². The van der Waals surface area contributed by atoms with Crippen molar-refractivity contribution in [1.29, 1.82) is 0 Å². The molecular formula is C25H28ClN5O3. The number of anilines is 2. The van der Waals surface area contributed by atoms with Crippen LogP contribution in [0.4, 0.5) is 16.2 Å². The largest absolute Gasteiger partial charge is 0.376 e. The highest BCUT2D eigenvalue weighted by molar-refractivity contribution is 6.30. The fourth-order valence-electron chi connectivity index (χ4n) is 3.95. The normalized spacial score (nSPS) is 15.2. The van der Waals surface area contributed by atoms with E-state index < -0.39 is 0 Å². The van der Waals surface area contributed by atoms with Crippen LogP contribution in [0.15, 0.2) is 48.5 Å². The van der Waals surface area contributed by atoms with E-state index in [1.807, 2.05) is 42.8 Å². The van der Waals surface area contributed by atoms with Crippen molar-refractivity contribution in [3.05, 3.63) is 70.5 Å². The number of carbonyl (C=O) groups excluding carboxylic acids is 2. The average molecular weight is 482 g/mol. The zero-order valence-electron chi connectivity index (χ0n) is 19.2. The molecule has 3 N–H and O–H groups in total. The van der Waals surface area contributed by atoms with Gasteiger partial charge < -0.3 is 20.7 Å². The Morgan fingerprint density at radius 3 is 2.38 bits per heavy atom. The molecule has 8 nitrogen and oxygen atoms in total. The van der Waals surface area contributed by atoms with Crippen molar-refractivity contribution in [3.8, 4) is 5.69 Å². The van der Waals surface area contributed by atoms with Gasteiger partial charge in [0.05, 0.1) is 23.9 Å². The van der Waals surface area contributed by atoms with E-state index in [-0.39, 0.29) is 24.5 Å². The van der Waals surface area contributed by atoms with E-state index in [4.69, 9.17) is 16.3 Å². The first-order chi connectivity index (χ1) is 16.4. The van der Waals surface area contributed by atoms with Crippen LogP contribution in [0.2, 0.25) is 5.02 Å². The molecule has 1 saturated heterocycles. The van der Waals surface area contributed by atoms with E-state index in [0.717, 1.165) is 42.1 Å². The minimum Gasteiger partial charge on any atom is -0.376 e. The van der Waals surface area contributed by atoms with Crippen LogP contribution in [0, 0.1) is 13.8 Å². The monoisotopic (exact) mass is 481 g/mol. The lowest BCUT2D eigenvalue weighted by atomic mass is 10.1. The number of hydrogen-bond donors (Lipinski definition) is 3. The quantitative estimate of drug-likeness (QED) is 0.458. The summed E-state index contributed by atoms with van der Waals surface area (Å²) in [5.41, 5.74) is 4.77. The minimum atomic E-state index is -0.282. The molecule has 1 aromatic heterocycles. The highest BCUT2D eigenvalue weighted by Crippen LogP contribution is 2.21. The molecule has 34 heavy (non-hydrogen) atoms. The average Bonchev–Trinajstić information content (AvgIpc) is 3.44. The Morgan fingerprint density at radius 2 is 1.74 bits per heavy atom. The summed E-state index contributed by atoms with van der Waals surface area (Å²) in [6, 6.07) is 14.1. The smallest absolute Gasteiger partial charge is 0.319 e. The third-order valence-corrected chi connectivity index (χ3v) is 6.04. The molecule has 0 bridgehead atoms. The number of amides is 3. The Morgan fingerprint density at radius 1 is 1.06 bits per heavy atom. The Bertz CT molecular complexity index is 1150. The number of ether oxygens (including phenoxy) is 1. The van der Waals surface area contributed by atoms with Crippen molar-refractivity contribution in [2.75, 3.05) is 23.8 Å². The second kappa shape index (κ2) is 10.7. The second-order valence-electron chi connectivity index (χ2n) is 8.31. The number of rotatable bonds is 7. The number of carbonyl (C=O) groups is 2. The number of nitrogens with one attached hydrogen (secondary N) is 3. The Kier molecular flexibility index (Phi) is 7.49. The molecule has 0 saturated carbocycles. The summed E-state index contributed by atoms with van der Waals surface area (Å²) < 4.78 is 7.32. The van der Waals surface area contributed by atoms with Crippen molar-refractivity contribution in [1.82, 2.24) is 15.1 Å². The van der Waals surface area contributed by atoms with Gasteiger partial charge in [-0.15, -0.1) is 0 Å². The predicted molar refractivity (Wildman–Crippen MR) is 133 cm³/mol. The van der Waals surface area contributed by atoms with E-state index in [0.29, 0.717) is 22.9 Å². The fourth-order valence-corrected chi connectivity index (χ4v) is 4.08. The number of halogens is 1. The summed E-state index contributed by atoms with van der Waals surface area (Å²) in [6.45, 7) is 5.09. The van der Waals surface area contributed by atoms with Gasteiger partial charge in [0.2, 0.25) is 5.91 Å². The maximum atomic E-state index is 12.7. The van der Waals surface area contributed by atoms with Crippen LogP contribution in [0.1, 0.15) is 29.8 Å². The molecular weight excluding hydrogens is 454 g/mol. The summed E-state index contributed by atoms with van der Waals surface area (Å²) in [5.74, 6) is -0.142. The van der Waals surface area contributed by atoms with Crippen molar-refractivity contribution < 1.29 is 14.3 Å². The van der Waals surface area contributed by atoms with Crippen LogP contribution in [-0.4, -0.2) is 41.0 Å². The molecule has 2 aromatic carbocycles. The van der Waals surface area contributed by atoms with E-state index >= 15 is 0 Å². The van der Waals surface area contributed by atoms with Crippen molar-refractivity contribution in [2.24, 2.45) is 0 Å². The Hall–Kier alpha value is -3.36. The number of hydrogen-bond acceptors (Lipinski definition) is 4. The second-order valence-corrected chi connectivity index (χ2v) is 8.75. The van der Waals surface area contributed by atoms with E-state index in [1.54, 1.807) is 24.3 Å². The summed E-state index contributed by atoms with van der Waals surface area (Å²) in [4.78, 5) is 24.8. The number of nitrogens with zero attached hydrogens (tertiary/aromatic N) is 2. The van der Waals surface area contributed by atoms with Gasteiger partial charge in [-0.2, -0.15) is 5.10 Å². The van der Waals surface area contributed by atoms with Gasteiger partial charge in [0.25, 0.3) is 0 Å². The standard InChI is InChI=1S/C25H28ClN5O3/c1-16-23(17(2)31(30-16)21-11-5-18(26)6-12-21)14-24(32)28-19-7-9-20(10-8-19)29-25(33)27-15-22-4-3-13-34-22/h5-12,22H,3-4,13-15H2,1-2H3,(H,28,32)(H2,27,29,33). The van der Waals surface area contributed by atoms with Crippen molar-refractivity contribution in [2.45, 2.75) is 39.2 Å². The molecule has 178 valence electrons. The molecule has 1 fully saturated rings. The molecule has 9 heteroatoms. The SMILES string of the molecule is Cc1nn(-c2ccc(Cl)cc2)c(C)c1CC(=O)Nc1ccc(NC(=O)NCC2CCCO2)cc1. The van der Waals surface area contributed by atoms with Gasteiger partial charge in [0, 0.05) is 40.8 Å². The number of benzene rings is 2. The zero-order chi connectivity index (χ0) is 24.1. The Balaban J connectivity index is 1.31. The van der Waals surface area contributed by atoms with Gasteiger partial charge in [0.1, 0.15) is 0 Å². The van der Waals surface area contributed by atoms with Crippen molar-refractivity contribution >= 4 is 34.9 Å². The Labute approximate surface area is 203 Å². The zero-order valence-corrected chi connectivity index (χ0v) is 20.0. The first kappa shape index (κ1) is 23.8. The molecule has 3 amide bonds. The van der Waals surface area contributed by atoms with Crippen LogP contribution >= 0.6 is 11.6 Å². The lowest BCUT2D eigenvalue weighted by molar-refractivity contribution is -0.115. The van der Waals surface area contributed by atoms with Gasteiger partial charge in [-0.05, 0) is 75.2 Å². The molecule has 3 aromatic rings. The summed E-state index contributed by atoms with van der Waals surface area (Å²) in [7, 11) is 0.